The molecule has 1 rings (SSSR count). The SMILES string of the molecule is CCCC(Cc1cc(F)ccc1Br)NC. The Labute approximate surface area is 99.2 Å². The normalized spacial score (nSPS) is 12.8. The maximum Gasteiger partial charge on any atom is 0.123 e. The van der Waals surface area contributed by atoms with Crippen LogP contribution in [0.3, 0.4) is 0 Å². The van der Waals surface area contributed by atoms with Gasteiger partial charge in [0, 0.05) is 10.5 Å². The van der Waals surface area contributed by atoms with Crippen LogP contribution in [0.5, 0.6) is 0 Å². The third kappa shape index (κ3) is 3.92. The summed E-state index contributed by atoms with van der Waals surface area (Å²) in [5.74, 6) is -0.167. The predicted molar refractivity (Wildman–Crippen MR) is 65.6 cm³/mol. The highest BCUT2D eigenvalue weighted by molar-refractivity contribution is 9.10. The maximum absolute atomic E-state index is 13.0. The minimum Gasteiger partial charge on any atom is -0.317 e. The average Bonchev–Trinajstić information content (AvgIpc) is 2.22. The van der Waals surface area contributed by atoms with Crippen LogP contribution in [0.1, 0.15) is 25.3 Å². The van der Waals surface area contributed by atoms with Gasteiger partial charge in [-0.3, -0.25) is 0 Å². The quantitative estimate of drug-likeness (QED) is 0.866. The Hall–Kier alpha value is -0.410. The first-order valence-corrected chi connectivity index (χ1v) is 6.07. The van der Waals surface area contributed by atoms with Crippen LogP contribution in [0.15, 0.2) is 22.7 Å². The van der Waals surface area contributed by atoms with E-state index in [4.69, 9.17) is 0 Å². The highest BCUT2D eigenvalue weighted by Gasteiger charge is 2.09. The molecule has 1 aromatic carbocycles. The third-order valence-corrected chi connectivity index (χ3v) is 3.29. The zero-order chi connectivity index (χ0) is 11.3. The van der Waals surface area contributed by atoms with Gasteiger partial charge in [0.1, 0.15) is 5.82 Å². The fraction of sp³-hybridized carbons (Fsp3) is 0.500. The van der Waals surface area contributed by atoms with Crippen molar-refractivity contribution in [2.45, 2.75) is 32.2 Å². The lowest BCUT2D eigenvalue weighted by atomic mass is 10.0. The topological polar surface area (TPSA) is 12.0 Å². The molecule has 0 aliphatic carbocycles. The molecule has 1 atom stereocenters. The van der Waals surface area contributed by atoms with E-state index in [1.807, 2.05) is 7.05 Å². The molecule has 0 radical (unpaired) electrons. The number of halogens is 2. The van der Waals surface area contributed by atoms with Crippen molar-refractivity contribution in [3.05, 3.63) is 34.1 Å². The Morgan fingerprint density at radius 2 is 2.20 bits per heavy atom. The van der Waals surface area contributed by atoms with Crippen molar-refractivity contribution in [2.75, 3.05) is 7.05 Å². The van der Waals surface area contributed by atoms with E-state index < -0.39 is 0 Å². The standard InChI is InChI=1S/C12H17BrFN/c1-3-4-11(15-2)8-9-7-10(14)5-6-12(9)13/h5-7,11,15H,3-4,8H2,1-2H3. The molecule has 1 aromatic rings. The van der Waals surface area contributed by atoms with Crippen LogP contribution >= 0.6 is 15.9 Å². The second kappa shape index (κ2) is 6.23. The second-order valence-corrected chi connectivity index (χ2v) is 4.57. The Morgan fingerprint density at radius 1 is 1.47 bits per heavy atom. The molecule has 0 aliphatic rings. The predicted octanol–water partition coefficient (Wildman–Crippen LogP) is 3.52. The smallest absolute Gasteiger partial charge is 0.123 e. The van der Waals surface area contributed by atoms with Crippen molar-refractivity contribution in [2.24, 2.45) is 0 Å². The average molecular weight is 274 g/mol. The fourth-order valence-electron chi connectivity index (χ4n) is 1.66. The zero-order valence-electron chi connectivity index (χ0n) is 9.19. The van der Waals surface area contributed by atoms with E-state index in [0.717, 1.165) is 29.3 Å². The maximum atomic E-state index is 13.0. The summed E-state index contributed by atoms with van der Waals surface area (Å²) in [6.07, 6.45) is 3.11. The number of hydrogen-bond donors (Lipinski definition) is 1. The van der Waals surface area contributed by atoms with Crippen LogP contribution in [0.25, 0.3) is 0 Å². The van der Waals surface area contributed by atoms with Gasteiger partial charge in [0.25, 0.3) is 0 Å². The zero-order valence-corrected chi connectivity index (χ0v) is 10.8. The molecule has 0 fully saturated rings. The van der Waals surface area contributed by atoms with Crippen LogP contribution in [0.2, 0.25) is 0 Å². The van der Waals surface area contributed by atoms with Gasteiger partial charge in [-0.15, -0.1) is 0 Å². The summed E-state index contributed by atoms with van der Waals surface area (Å²) in [7, 11) is 1.95. The largest absolute Gasteiger partial charge is 0.317 e. The van der Waals surface area contributed by atoms with Gasteiger partial charge in [0.15, 0.2) is 0 Å². The minimum atomic E-state index is -0.167. The van der Waals surface area contributed by atoms with Gasteiger partial charge in [0.2, 0.25) is 0 Å². The Bertz CT molecular complexity index is 314. The minimum absolute atomic E-state index is 0.167. The van der Waals surface area contributed by atoms with Gasteiger partial charge in [-0.2, -0.15) is 0 Å². The number of benzene rings is 1. The van der Waals surface area contributed by atoms with Crippen LogP contribution in [-0.2, 0) is 6.42 Å². The fourth-order valence-corrected chi connectivity index (χ4v) is 2.07. The van der Waals surface area contributed by atoms with Crippen molar-refractivity contribution in [1.29, 1.82) is 0 Å². The first kappa shape index (κ1) is 12.7. The van der Waals surface area contributed by atoms with Gasteiger partial charge in [-0.05, 0) is 43.7 Å². The highest BCUT2D eigenvalue weighted by Crippen LogP contribution is 2.20. The molecule has 1 N–H and O–H groups in total. The summed E-state index contributed by atoms with van der Waals surface area (Å²) in [5.41, 5.74) is 1.03. The van der Waals surface area contributed by atoms with E-state index >= 15 is 0 Å². The second-order valence-electron chi connectivity index (χ2n) is 3.71. The number of likely N-dealkylation sites (N-methyl/N-ethyl adjacent to an activating group) is 1. The molecule has 0 spiro atoms. The van der Waals surface area contributed by atoms with Crippen LogP contribution in [0, 0.1) is 5.82 Å². The molecule has 1 unspecified atom stereocenters. The molecular weight excluding hydrogens is 257 g/mol. The van der Waals surface area contributed by atoms with Crippen LogP contribution in [-0.4, -0.2) is 13.1 Å². The molecular formula is C12H17BrFN. The molecule has 0 amide bonds. The Balaban J connectivity index is 2.73. The lowest BCUT2D eigenvalue weighted by Crippen LogP contribution is -2.27. The van der Waals surface area contributed by atoms with E-state index in [9.17, 15) is 4.39 Å². The van der Waals surface area contributed by atoms with Gasteiger partial charge >= 0.3 is 0 Å². The summed E-state index contributed by atoms with van der Waals surface area (Å²) in [6, 6.07) is 5.27. The van der Waals surface area contributed by atoms with Gasteiger partial charge in [0.05, 0.1) is 0 Å². The van der Waals surface area contributed by atoms with E-state index in [1.165, 1.54) is 6.07 Å². The van der Waals surface area contributed by atoms with Crippen LogP contribution in [0.4, 0.5) is 4.39 Å². The van der Waals surface area contributed by atoms with Crippen molar-refractivity contribution in [3.63, 3.8) is 0 Å². The molecule has 0 saturated heterocycles. The molecule has 15 heavy (non-hydrogen) atoms. The lowest BCUT2D eigenvalue weighted by Gasteiger charge is -2.16. The molecule has 0 bridgehead atoms. The van der Waals surface area contributed by atoms with Crippen molar-refractivity contribution in [1.82, 2.24) is 5.32 Å². The van der Waals surface area contributed by atoms with Gasteiger partial charge in [-0.25, -0.2) is 4.39 Å². The first-order valence-electron chi connectivity index (χ1n) is 5.28. The Kier molecular flexibility index (Phi) is 5.26. The highest BCUT2D eigenvalue weighted by atomic mass is 79.9. The van der Waals surface area contributed by atoms with Crippen molar-refractivity contribution >= 4 is 15.9 Å². The van der Waals surface area contributed by atoms with Gasteiger partial charge in [-0.1, -0.05) is 29.3 Å². The van der Waals surface area contributed by atoms with E-state index in [-0.39, 0.29) is 5.82 Å². The van der Waals surface area contributed by atoms with Gasteiger partial charge < -0.3 is 5.32 Å². The van der Waals surface area contributed by atoms with E-state index in [2.05, 4.69) is 28.2 Å². The summed E-state index contributed by atoms with van der Waals surface area (Å²) in [4.78, 5) is 0. The summed E-state index contributed by atoms with van der Waals surface area (Å²) in [6.45, 7) is 2.16. The number of nitrogens with one attached hydrogen (secondary N) is 1. The molecule has 0 aromatic heterocycles. The van der Waals surface area contributed by atoms with Crippen molar-refractivity contribution < 1.29 is 4.39 Å². The lowest BCUT2D eigenvalue weighted by molar-refractivity contribution is 0.511. The van der Waals surface area contributed by atoms with E-state index in [0.29, 0.717) is 6.04 Å². The summed E-state index contributed by atoms with van der Waals surface area (Å²) >= 11 is 3.44. The van der Waals surface area contributed by atoms with Crippen LogP contribution < -0.4 is 5.32 Å². The molecule has 0 saturated carbocycles. The van der Waals surface area contributed by atoms with E-state index in [1.54, 1.807) is 12.1 Å². The summed E-state index contributed by atoms with van der Waals surface area (Å²) < 4.78 is 14.0. The first-order chi connectivity index (χ1) is 7.17. The molecule has 3 heteroatoms. The van der Waals surface area contributed by atoms with Crippen molar-refractivity contribution in [3.8, 4) is 0 Å². The molecule has 0 heterocycles. The Morgan fingerprint density at radius 3 is 2.80 bits per heavy atom. The molecule has 0 aliphatic heterocycles. The number of rotatable bonds is 5. The molecule has 84 valence electrons. The molecule has 1 nitrogen and oxygen atoms in total. The number of hydrogen-bond acceptors (Lipinski definition) is 1. The summed E-state index contributed by atoms with van der Waals surface area (Å²) in [5, 5.41) is 3.25. The third-order valence-electron chi connectivity index (χ3n) is 2.52. The monoisotopic (exact) mass is 273 g/mol.